The molecule has 0 fully saturated rings. The Morgan fingerprint density at radius 1 is 1.33 bits per heavy atom. The molecule has 0 saturated heterocycles. The lowest BCUT2D eigenvalue weighted by Gasteiger charge is -2.01. The van der Waals surface area contributed by atoms with E-state index in [1.54, 1.807) is 6.08 Å². The lowest BCUT2D eigenvalue weighted by atomic mass is 10.1. The molecule has 0 atom stereocenters. The summed E-state index contributed by atoms with van der Waals surface area (Å²) in [6.45, 7) is 1.99. The highest BCUT2D eigenvalue weighted by Gasteiger charge is 2.06. The van der Waals surface area contributed by atoms with Crippen molar-refractivity contribution in [2.75, 3.05) is 0 Å². The van der Waals surface area contributed by atoms with E-state index in [9.17, 15) is 4.79 Å². The quantitative estimate of drug-likeness (QED) is 0.841. The summed E-state index contributed by atoms with van der Waals surface area (Å²) in [5.74, 6) is -0.946. The highest BCUT2D eigenvalue weighted by atomic mass is 35.5. The van der Waals surface area contributed by atoms with Crippen LogP contribution in [0.2, 0.25) is 5.02 Å². The standard InChI is InChI=1S/C14H11ClO2S/c1-9-2-5-11(12(15)8-9)13-6-3-10(18-13)4-7-14(16)17/h2-8H,1H3,(H,16,17)/b7-4+. The smallest absolute Gasteiger partial charge is 0.328 e. The van der Waals surface area contributed by atoms with E-state index in [0.29, 0.717) is 5.02 Å². The lowest BCUT2D eigenvalue weighted by Crippen LogP contribution is -1.84. The predicted octanol–water partition coefficient (Wildman–Crippen LogP) is 4.47. The van der Waals surface area contributed by atoms with Crippen LogP contribution >= 0.6 is 22.9 Å². The van der Waals surface area contributed by atoms with Gasteiger partial charge in [-0.2, -0.15) is 0 Å². The highest BCUT2D eigenvalue weighted by molar-refractivity contribution is 7.16. The molecule has 1 aromatic heterocycles. The normalized spacial score (nSPS) is 11.0. The molecule has 2 rings (SSSR count). The topological polar surface area (TPSA) is 37.3 Å². The van der Waals surface area contributed by atoms with E-state index in [4.69, 9.17) is 16.7 Å². The number of carbonyl (C=O) groups is 1. The van der Waals surface area contributed by atoms with Gasteiger partial charge < -0.3 is 5.11 Å². The molecule has 92 valence electrons. The van der Waals surface area contributed by atoms with Gasteiger partial charge in [0.05, 0.1) is 0 Å². The third-order valence-electron chi connectivity index (χ3n) is 2.41. The fourth-order valence-corrected chi connectivity index (χ4v) is 2.90. The summed E-state index contributed by atoms with van der Waals surface area (Å²) in [5.41, 5.74) is 2.09. The molecule has 0 saturated carbocycles. The zero-order valence-corrected chi connectivity index (χ0v) is 11.3. The number of carboxylic acids is 1. The third-order valence-corrected chi connectivity index (χ3v) is 3.80. The van der Waals surface area contributed by atoms with Crippen LogP contribution in [0.1, 0.15) is 10.4 Å². The average molecular weight is 279 g/mol. The van der Waals surface area contributed by atoms with Crippen LogP contribution < -0.4 is 0 Å². The van der Waals surface area contributed by atoms with Crippen LogP contribution in [0.15, 0.2) is 36.4 Å². The Labute approximate surface area is 114 Å². The van der Waals surface area contributed by atoms with E-state index in [-0.39, 0.29) is 0 Å². The molecule has 1 N–H and O–H groups in total. The van der Waals surface area contributed by atoms with Crippen LogP contribution in [0.25, 0.3) is 16.5 Å². The minimum atomic E-state index is -0.946. The molecular formula is C14H11ClO2S. The Bertz CT molecular complexity index is 614. The number of carboxylic acid groups (broad SMARTS) is 1. The van der Waals surface area contributed by atoms with Gasteiger partial charge in [-0.1, -0.05) is 23.7 Å². The molecule has 2 aromatic rings. The Kier molecular flexibility index (Phi) is 3.84. The van der Waals surface area contributed by atoms with Gasteiger partial charge in [0.15, 0.2) is 0 Å². The summed E-state index contributed by atoms with van der Waals surface area (Å²) in [7, 11) is 0. The predicted molar refractivity (Wildman–Crippen MR) is 76.2 cm³/mol. The third kappa shape index (κ3) is 3.00. The summed E-state index contributed by atoms with van der Waals surface area (Å²) in [4.78, 5) is 12.4. The fourth-order valence-electron chi connectivity index (χ4n) is 1.56. The van der Waals surface area contributed by atoms with Crippen LogP contribution in [0.4, 0.5) is 0 Å². The van der Waals surface area contributed by atoms with Crippen molar-refractivity contribution >= 4 is 35.0 Å². The Morgan fingerprint density at radius 2 is 2.11 bits per heavy atom. The molecule has 1 aromatic carbocycles. The largest absolute Gasteiger partial charge is 0.478 e. The minimum Gasteiger partial charge on any atom is -0.478 e. The molecule has 0 unspecified atom stereocenters. The number of aliphatic carboxylic acids is 1. The Hall–Kier alpha value is -1.58. The van der Waals surface area contributed by atoms with Crippen LogP contribution in [0, 0.1) is 6.92 Å². The second-order valence-electron chi connectivity index (χ2n) is 3.86. The summed E-state index contributed by atoms with van der Waals surface area (Å²) < 4.78 is 0. The molecule has 0 spiro atoms. The molecule has 0 radical (unpaired) electrons. The van der Waals surface area contributed by atoms with Gasteiger partial charge in [0, 0.05) is 26.4 Å². The number of benzene rings is 1. The monoisotopic (exact) mass is 278 g/mol. The van der Waals surface area contributed by atoms with E-state index in [0.717, 1.165) is 27.0 Å². The zero-order chi connectivity index (χ0) is 13.1. The fraction of sp³-hybridized carbons (Fsp3) is 0.0714. The molecular weight excluding hydrogens is 268 g/mol. The van der Waals surface area contributed by atoms with Crippen molar-refractivity contribution in [1.29, 1.82) is 0 Å². The number of hydrogen-bond donors (Lipinski definition) is 1. The van der Waals surface area contributed by atoms with Crippen molar-refractivity contribution in [3.8, 4) is 10.4 Å². The van der Waals surface area contributed by atoms with Crippen molar-refractivity contribution in [2.45, 2.75) is 6.92 Å². The van der Waals surface area contributed by atoms with Gasteiger partial charge >= 0.3 is 5.97 Å². The van der Waals surface area contributed by atoms with Crippen molar-refractivity contribution < 1.29 is 9.90 Å². The van der Waals surface area contributed by atoms with E-state index in [2.05, 4.69) is 0 Å². The van der Waals surface area contributed by atoms with Crippen LogP contribution in [0.5, 0.6) is 0 Å². The maximum Gasteiger partial charge on any atom is 0.328 e. The molecule has 1 heterocycles. The van der Waals surface area contributed by atoms with Crippen LogP contribution in [-0.2, 0) is 4.79 Å². The molecule has 0 aliphatic carbocycles. The van der Waals surface area contributed by atoms with Crippen molar-refractivity contribution in [2.24, 2.45) is 0 Å². The van der Waals surface area contributed by atoms with Crippen LogP contribution in [-0.4, -0.2) is 11.1 Å². The molecule has 0 amide bonds. The first-order chi connectivity index (χ1) is 8.56. The van der Waals surface area contributed by atoms with Gasteiger partial charge in [0.1, 0.15) is 0 Å². The first kappa shape index (κ1) is 12.9. The average Bonchev–Trinajstić information content (AvgIpc) is 2.75. The minimum absolute atomic E-state index is 0.714. The van der Waals surface area contributed by atoms with E-state index in [1.807, 2.05) is 37.3 Å². The molecule has 0 bridgehead atoms. The highest BCUT2D eigenvalue weighted by Crippen LogP contribution is 2.34. The number of aryl methyl sites for hydroxylation is 1. The van der Waals surface area contributed by atoms with Gasteiger partial charge in [-0.15, -0.1) is 11.3 Å². The maximum atomic E-state index is 10.4. The summed E-state index contributed by atoms with van der Waals surface area (Å²) in [5, 5.41) is 9.28. The van der Waals surface area contributed by atoms with E-state index >= 15 is 0 Å². The second kappa shape index (κ2) is 5.38. The van der Waals surface area contributed by atoms with Gasteiger partial charge in [0.25, 0.3) is 0 Å². The number of halogens is 1. The van der Waals surface area contributed by atoms with Crippen molar-refractivity contribution in [3.63, 3.8) is 0 Å². The second-order valence-corrected chi connectivity index (χ2v) is 5.38. The van der Waals surface area contributed by atoms with Gasteiger partial charge in [-0.3, -0.25) is 0 Å². The lowest BCUT2D eigenvalue weighted by molar-refractivity contribution is -0.131. The number of thiophene rings is 1. The molecule has 2 nitrogen and oxygen atoms in total. The molecule has 4 heteroatoms. The summed E-state index contributed by atoms with van der Waals surface area (Å²) in [6.07, 6.45) is 2.71. The summed E-state index contributed by atoms with van der Waals surface area (Å²) in [6, 6.07) is 9.74. The van der Waals surface area contributed by atoms with Crippen LogP contribution in [0.3, 0.4) is 0 Å². The van der Waals surface area contributed by atoms with Gasteiger partial charge in [-0.05, 0) is 36.8 Å². The van der Waals surface area contributed by atoms with E-state index < -0.39 is 5.97 Å². The molecule has 18 heavy (non-hydrogen) atoms. The van der Waals surface area contributed by atoms with Gasteiger partial charge in [0.2, 0.25) is 0 Å². The van der Waals surface area contributed by atoms with Crippen molar-refractivity contribution in [1.82, 2.24) is 0 Å². The Morgan fingerprint density at radius 3 is 2.78 bits per heavy atom. The zero-order valence-electron chi connectivity index (χ0n) is 9.68. The molecule has 0 aliphatic rings. The Balaban J connectivity index is 2.32. The maximum absolute atomic E-state index is 10.4. The molecule has 0 aliphatic heterocycles. The van der Waals surface area contributed by atoms with E-state index in [1.165, 1.54) is 11.3 Å². The van der Waals surface area contributed by atoms with Gasteiger partial charge in [-0.25, -0.2) is 4.79 Å². The summed E-state index contributed by atoms with van der Waals surface area (Å²) >= 11 is 7.71. The number of rotatable bonds is 3. The first-order valence-corrected chi connectivity index (χ1v) is 6.53. The number of hydrogen-bond acceptors (Lipinski definition) is 2. The van der Waals surface area contributed by atoms with Crippen molar-refractivity contribution in [3.05, 3.63) is 51.9 Å². The SMILES string of the molecule is Cc1ccc(-c2ccc(/C=C/C(=O)O)s2)c(Cl)c1. The first-order valence-electron chi connectivity index (χ1n) is 5.33.